The second-order valence-corrected chi connectivity index (χ2v) is 6.49. The molecule has 19 heavy (non-hydrogen) atoms. The van der Waals surface area contributed by atoms with Crippen molar-refractivity contribution in [2.75, 3.05) is 0 Å². The van der Waals surface area contributed by atoms with Crippen LogP contribution in [0.4, 0.5) is 17.6 Å². The van der Waals surface area contributed by atoms with Gasteiger partial charge < -0.3 is 0 Å². The Hall–Kier alpha value is -1.06. The van der Waals surface area contributed by atoms with E-state index in [-0.39, 0.29) is 0 Å². The largest absolute Gasteiger partial charge is 0.203 e. The topological polar surface area (TPSA) is 0 Å². The summed E-state index contributed by atoms with van der Waals surface area (Å²) in [6.07, 6.45) is 0.370. The van der Waals surface area contributed by atoms with Crippen molar-refractivity contribution in [2.45, 2.75) is 58.8 Å². The molecule has 0 unspecified atom stereocenters. The van der Waals surface area contributed by atoms with Crippen LogP contribution < -0.4 is 0 Å². The van der Waals surface area contributed by atoms with Gasteiger partial charge in [-0.3, -0.25) is 0 Å². The first kappa shape index (κ1) is 16.0. The smallest absolute Gasteiger partial charge is 0.166 e. The maximum absolute atomic E-state index is 14.1. The van der Waals surface area contributed by atoms with E-state index in [1.807, 2.05) is 0 Å². The normalized spacial score (nSPS) is 12.9. The molecule has 0 amide bonds. The fourth-order valence-corrected chi connectivity index (χ4v) is 2.06. The predicted octanol–water partition coefficient (Wildman–Crippen LogP) is 5.23. The van der Waals surface area contributed by atoms with E-state index in [1.165, 1.54) is 20.8 Å². The van der Waals surface area contributed by atoms with Crippen molar-refractivity contribution in [3.05, 3.63) is 34.4 Å². The quantitative estimate of drug-likeness (QED) is 0.512. The Morgan fingerprint density at radius 2 is 1.00 bits per heavy atom. The van der Waals surface area contributed by atoms with Gasteiger partial charge in [0.15, 0.2) is 23.3 Å². The van der Waals surface area contributed by atoms with Gasteiger partial charge in [-0.1, -0.05) is 41.5 Å². The number of benzene rings is 1. The van der Waals surface area contributed by atoms with Crippen LogP contribution in [-0.4, -0.2) is 0 Å². The summed E-state index contributed by atoms with van der Waals surface area (Å²) in [6.45, 7) is 9.37. The fourth-order valence-electron chi connectivity index (χ4n) is 2.06. The molecule has 4 heteroatoms. The second kappa shape index (κ2) is 4.80. The summed E-state index contributed by atoms with van der Waals surface area (Å²) in [7, 11) is 0. The molecule has 0 saturated heterocycles. The summed E-state index contributed by atoms with van der Waals surface area (Å²) in [6, 6.07) is 0. The molecule has 0 spiro atoms. The van der Waals surface area contributed by atoms with Crippen molar-refractivity contribution in [2.24, 2.45) is 0 Å². The van der Waals surface area contributed by atoms with E-state index in [2.05, 4.69) is 0 Å². The van der Waals surface area contributed by atoms with E-state index in [0.717, 1.165) is 0 Å². The number of rotatable bonds is 2. The molecule has 0 saturated carbocycles. The Labute approximate surface area is 111 Å². The minimum atomic E-state index is -1.29. The molecule has 0 bridgehead atoms. The van der Waals surface area contributed by atoms with Crippen LogP contribution in [0.3, 0.4) is 0 Å². The predicted molar refractivity (Wildman–Crippen MR) is 68.3 cm³/mol. The van der Waals surface area contributed by atoms with Gasteiger partial charge in [-0.05, 0) is 17.3 Å². The standard InChI is InChI=1S/C15H20F4/c1-7-15(5,6)9-12(18)10(16)8(14(2,3)4)11(17)13(9)19/h7H2,1-6H3. The Morgan fingerprint density at radius 3 is 1.26 bits per heavy atom. The summed E-state index contributed by atoms with van der Waals surface area (Å²) in [5, 5.41) is 0. The van der Waals surface area contributed by atoms with Gasteiger partial charge in [0.05, 0.1) is 0 Å². The molecule has 0 nitrogen and oxygen atoms in total. The Morgan fingerprint density at radius 1 is 0.684 bits per heavy atom. The van der Waals surface area contributed by atoms with Crippen molar-refractivity contribution in [1.82, 2.24) is 0 Å². The van der Waals surface area contributed by atoms with E-state index in [4.69, 9.17) is 0 Å². The summed E-state index contributed by atoms with van der Waals surface area (Å²) in [5.74, 6) is -5.14. The van der Waals surface area contributed by atoms with Crippen LogP contribution in [0.15, 0.2) is 0 Å². The van der Waals surface area contributed by atoms with Crippen LogP contribution in [0.2, 0.25) is 0 Å². The molecule has 108 valence electrons. The molecular weight excluding hydrogens is 256 g/mol. The summed E-state index contributed by atoms with van der Waals surface area (Å²) in [5.41, 5.74) is -3.03. The summed E-state index contributed by atoms with van der Waals surface area (Å²) >= 11 is 0. The van der Waals surface area contributed by atoms with E-state index >= 15 is 0 Å². The van der Waals surface area contributed by atoms with Crippen molar-refractivity contribution >= 4 is 0 Å². The van der Waals surface area contributed by atoms with Crippen LogP contribution in [0, 0.1) is 23.3 Å². The number of hydrogen-bond acceptors (Lipinski definition) is 0. The van der Waals surface area contributed by atoms with Gasteiger partial charge in [-0.15, -0.1) is 0 Å². The zero-order chi connectivity index (χ0) is 15.2. The maximum atomic E-state index is 14.1. The number of halogens is 4. The average molecular weight is 276 g/mol. The van der Waals surface area contributed by atoms with Crippen LogP contribution in [0.1, 0.15) is 59.1 Å². The van der Waals surface area contributed by atoms with Gasteiger partial charge in [-0.2, -0.15) is 0 Å². The molecule has 0 atom stereocenters. The monoisotopic (exact) mass is 276 g/mol. The van der Waals surface area contributed by atoms with Crippen LogP contribution in [0.5, 0.6) is 0 Å². The van der Waals surface area contributed by atoms with Crippen LogP contribution >= 0.6 is 0 Å². The van der Waals surface area contributed by atoms with E-state index in [0.29, 0.717) is 6.42 Å². The van der Waals surface area contributed by atoms with Gasteiger partial charge in [0.1, 0.15) is 0 Å². The van der Waals surface area contributed by atoms with Crippen molar-refractivity contribution in [3.63, 3.8) is 0 Å². The highest BCUT2D eigenvalue weighted by molar-refractivity contribution is 5.37. The van der Waals surface area contributed by atoms with Crippen molar-refractivity contribution < 1.29 is 17.6 Å². The lowest BCUT2D eigenvalue weighted by molar-refractivity contribution is 0.361. The first-order valence-electron chi connectivity index (χ1n) is 6.32. The number of hydrogen-bond donors (Lipinski definition) is 0. The third kappa shape index (κ3) is 2.63. The van der Waals surface area contributed by atoms with E-state index in [9.17, 15) is 17.6 Å². The SMILES string of the molecule is CCC(C)(C)c1c(F)c(F)c(C(C)(C)C)c(F)c1F. The molecule has 0 radical (unpaired) electrons. The second-order valence-electron chi connectivity index (χ2n) is 6.49. The average Bonchev–Trinajstić information content (AvgIpc) is 2.25. The zero-order valence-electron chi connectivity index (χ0n) is 12.2. The lowest BCUT2D eigenvalue weighted by atomic mass is 9.78. The van der Waals surface area contributed by atoms with Crippen molar-refractivity contribution in [3.8, 4) is 0 Å². The van der Waals surface area contributed by atoms with Gasteiger partial charge >= 0.3 is 0 Å². The molecule has 0 aliphatic heterocycles. The minimum absolute atomic E-state index is 0.370. The van der Waals surface area contributed by atoms with Gasteiger partial charge in [-0.25, -0.2) is 17.6 Å². The van der Waals surface area contributed by atoms with Crippen LogP contribution in [0.25, 0.3) is 0 Å². The molecule has 1 rings (SSSR count). The summed E-state index contributed by atoms with van der Waals surface area (Å²) in [4.78, 5) is 0. The van der Waals surface area contributed by atoms with Gasteiger partial charge in [0.25, 0.3) is 0 Å². The first-order chi connectivity index (χ1) is 8.45. The molecule has 0 aliphatic rings. The van der Waals surface area contributed by atoms with Crippen LogP contribution in [-0.2, 0) is 10.8 Å². The Bertz CT molecular complexity index is 467. The summed E-state index contributed by atoms with van der Waals surface area (Å²) < 4.78 is 56.4. The first-order valence-corrected chi connectivity index (χ1v) is 6.32. The highest BCUT2D eigenvalue weighted by Crippen LogP contribution is 2.38. The van der Waals surface area contributed by atoms with E-state index in [1.54, 1.807) is 20.8 Å². The minimum Gasteiger partial charge on any atom is -0.203 e. The molecule has 0 N–H and O–H groups in total. The Balaban J connectivity index is 3.77. The third-order valence-electron chi connectivity index (χ3n) is 3.57. The van der Waals surface area contributed by atoms with Crippen molar-refractivity contribution in [1.29, 1.82) is 0 Å². The molecule has 0 aromatic heterocycles. The molecule has 1 aromatic rings. The fraction of sp³-hybridized carbons (Fsp3) is 0.600. The molecule has 0 aliphatic carbocycles. The third-order valence-corrected chi connectivity index (χ3v) is 3.57. The lowest BCUT2D eigenvalue weighted by Crippen LogP contribution is -2.26. The van der Waals surface area contributed by atoms with E-state index < -0.39 is 45.2 Å². The van der Waals surface area contributed by atoms with Gasteiger partial charge in [0.2, 0.25) is 0 Å². The maximum Gasteiger partial charge on any atom is 0.166 e. The highest BCUT2D eigenvalue weighted by atomic mass is 19.2. The zero-order valence-corrected chi connectivity index (χ0v) is 12.2. The highest BCUT2D eigenvalue weighted by Gasteiger charge is 2.36. The lowest BCUT2D eigenvalue weighted by Gasteiger charge is -2.28. The molecular formula is C15H20F4. The molecule has 1 aromatic carbocycles. The Kier molecular flexibility index (Phi) is 4.04. The molecule has 0 fully saturated rings. The molecule has 0 heterocycles. The van der Waals surface area contributed by atoms with Gasteiger partial charge in [0, 0.05) is 11.1 Å².